The highest BCUT2D eigenvalue weighted by molar-refractivity contribution is 5.96. The zero-order chi connectivity index (χ0) is 14.4. The molecule has 2 aromatic rings. The Morgan fingerprint density at radius 3 is 2.95 bits per heavy atom. The second kappa shape index (κ2) is 6.67. The van der Waals surface area contributed by atoms with E-state index in [4.69, 9.17) is 5.84 Å². The molecule has 1 heterocycles. The fourth-order valence-electron chi connectivity index (χ4n) is 1.90. The highest BCUT2D eigenvalue weighted by atomic mass is 16.1. The van der Waals surface area contributed by atoms with Crippen LogP contribution in [0.4, 0.5) is 5.69 Å². The van der Waals surface area contributed by atoms with Crippen LogP contribution in [0.15, 0.2) is 30.6 Å². The van der Waals surface area contributed by atoms with Crippen LogP contribution in [0, 0.1) is 6.92 Å². The van der Waals surface area contributed by atoms with Crippen molar-refractivity contribution in [2.45, 2.75) is 19.9 Å². The van der Waals surface area contributed by atoms with E-state index in [0.29, 0.717) is 12.1 Å². The fraction of sp³-hybridized carbons (Fsp3) is 0.308. The molecular formula is C13H18N6O. The summed E-state index contributed by atoms with van der Waals surface area (Å²) in [5.41, 5.74) is 4.88. The van der Waals surface area contributed by atoms with E-state index in [2.05, 4.69) is 21.1 Å². The summed E-state index contributed by atoms with van der Waals surface area (Å²) in [7, 11) is 0. The summed E-state index contributed by atoms with van der Waals surface area (Å²) in [5, 5.41) is 10.5. The monoisotopic (exact) mass is 274 g/mol. The van der Waals surface area contributed by atoms with E-state index in [0.717, 1.165) is 24.2 Å². The maximum absolute atomic E-state index is 12.0. The number of rotatable bonds is 6. The molecular weight excluding hydrogens is 256 g/mol. The molecule has 0 spiro atoms. The molecule has 106 valence electrons. The van der Waals surface area contributed by atoms with Crippen molar-refractivity contribution in [1.29, 1.82) is 0 Å². The molecule has 7 nitrogen and oxygen atoms in total. The number of aromatic nitrogens is 3. The number of hydrogen-bond donors (Lipinski definition) is 3. The Kier molecular flexibility index (Phi) is 4.67. The predicted molar refractivity (Wildman–Crippen MR) is 76.0 cm³/mol. The molecule has 1 aromatic heterocycles. The molecule has 20 heavy (non-hydrogen) atoms. The summed E-state index contributed by atoms with van der Waals surface area (Å²) in [6.45, 7) is 3.20. The van der Waals surface area contributed by atoms with Gasteiger partial charge in [-0.3, -0.25) is 15.3 Å². The van der Waals surface area contributed by atoms with E-state index in [9.17, 15) is 4.79 Å². The smallest absolute Gasteiger partial charge is 0.251 e. The third kappa shape index (κ3) is 3.55. The topological polar surface area (TPSA) is 97.9 Å². The number of hydrogen-bond acceptors (Lipinski definition) is 5. The van der Waals surface area contributed by atoms with Gasteiger partial charge in [-0.05, 0) is 37.1 Å². The number of nitrogen functional groups attached to an aromatic ring is 1. The number of carbonyl (C=O) groups excluding carboxylic acids is 1. The fourth-order valence-corrected chi connectivity index (χ4v) is 1.90. The molecule has 1 amide bonds. The van der Waals surface area contributed by atoms with E-state index >= 15 is 0 Å². The Morgan fingerprint density at radius 1 is 1.45 bits per heavy atom. The number of aryl methyl sites for hydroxylation is 2. The summed E-state index contributed by atoms with van der Waals surface area (Å²) in [6, 6.07) is 5.37. The van der Waals surface area contributed by atoms with Gasteiger partial charge in [0.15, 0.2) is 0 Å². The Labute approximate surface area is 117 Å². The number of nitrogens with one attached hydrogen (secondary N) is 2. The van der Waals surface area contributed by atoms with Crippen LogP contribution in [-0.2, 0) is 6.54 Å². The molecule has 7 heteroatoms. The summed E-state index contributed by atoms with van der Waals surface area (Å²) in [5.74, 6) is 5.25. The summed E-state index contributed by atoms with van der Waals surface area (Å²) in [4.78, 5) is 12.0. The number of anilines is 1. The average molecular weight is 274 g/mol. The second-order valence-electron chi connectivity index (χ2n) is 4.45. The van der Waals surface area contributed by atoms with E-state index in [1.54, 1.807) is 29.2 Å². The Hall–Kier alpha value is -2.41. The van der Waals surface area contributed by atoms with E-state index in [-0.39, 0.29) is 5.91 Å². The zero-order valence-corrected chi connectivity index (χ0v) is 11.3. The third-order valence-corrected chi connectivity index (χ3v) is 2.96. The molecule has 0 saturated heterocycles. The molecule has 4 N–H and O–H groups in total. The zero-order valence-electron chi connectivity index (χ0n) is 11.3. The van der Waals surface area contributed by atoms with E-state index in [1.807, 2.05) is 13.0 Å². The third-order valence-electron chi connectivity index (χ3n) is 2.96. The lowest BCUT2D eigenvalue weighted by atomic mass is 10.1. The molecule has 0 fully saturated rings. The first-order chi connectivity index (χ1) is 9.70. The standard InChI is InChI=1S/C13H18N6O/c1-10-9-11(17-14)3-4-12(10)13(20)15-5-2-7-19-8-6-16-18-19/h3-4,6,8-9,17H,2,5,7,14H2,1H3,(H,15,20). The van der Waals surface area contributed by atoms with Crippen LogP contribution in [-0.4, -0.2) is 27.4 Å². The van der Waals surface area contributed by atoms with Gasteiger partial charge in [0.1, 0.15) is 0 Å². The molecule has 0 bridgehead atoms. The molecule has 0 aliphatic heterocycles. The van der Waals surface area contributed by atoms with Gasteiger partial charge in [0.2, 0.25) is 0 Å². The number of nitrogens with zero attached hydrogens (tertiary/aromatic N) is 3. The maximum Gasteiger partial charge on any atom is 0.251 e. The van der Waals surface area contributed by atoms with Gasteiger partial charge in [0, 0.05) is 30.5 Å². The molecule has 2 rings (SSSR count). The lowest BCUT2D eigenvalue weighted by molar-refractivity contribution is 0.0952. The lowest BCUT2D eigenvalue weighted by Gasteiger charge is -2.09. The Morgan fingerprint density at radius 2 is 2.30 bits per heavy atom. The van der Waals surface area contributed by atoms with Crippen molar-refractivity contribution in [3.8, 4) is 0 Å². The average Bonchev–Trinajstić information content (AvgIpc) is 2.96. The summed E-state index contributed by atoms with van der Waals surface area (Å²) in [6.07, 6.45) is 4.23. The second-order valence-corrected chi connectivity index (χ2v) is 4.45. The van der Waals surface area contributed by atoms with Crippen LogP contribution in [0.25, 0.3) is 0 Å². The van der Waals surface area contributed by atoms with Gasteiger partial charge in [0.05, 0.1) is 6.20 Å². The van der Waals surface area contributed by atoms with Crippen LogP contribution in [0.5, 0.6) is 0 Å². The first-order valence-corrected chi connectivity index (χ1v) is 6.40. The van der Waals surface area contributed by atoms with Crippen molar-refractivity contribution in [2.75, 3.05) is 12.0 Å². The first-order valence-electron chi connectivity index (χ1n) is 6.40. The highest BCUT2D eigenvalue weighted by Crippen LogP contribution is 2.14. The molecule has 0 saturated carbocycles. The van der Waals surface area contributed by atoms with Gasteiger partial charge in [-0.15, -0.1) is 5.10 Å². The van der Waals surface area contributed by atoms with Gasteiger partial charge in [0.25, 0.3) is 5.91 Å². The molecule has 0 aliphatic rings. The van der Waals surface area contributed by atoms with E-state index < -0.39 is 0 Å². The van der Waals surface area contributed by atoms with Crippen LogP contribution in [0.3, 0.4) is 0 Å². The van der Waals surface area contributed by atoms with Crippen molar-refractivity contribution in [3.05, 3.63) is 41.7 Å². The number of amides is 1. The van der Waals surface area contributed by atoms with Gasteiger partial charge < -0.3 is 10.7 Å². The van der Waals surface area contributed by atoms with Crippen molar-refractivity contribution >= 4 is 11.6 Å². The van der Waals surface area contributed by atoms with Crippen molar-refractivity contribution in [3.63, 3.8) is 0 Å². The minimum absolute atomic E-state index is 0.0790. The van der Waals surface area contributed by atoms with E-state index in [1.165, 1.54) is 0 Å². The predicted octanol–water partition coefficient (Wildman–Crippen LogP) is 0.692. The van der Waals surface area contributed by atoms with Crippen LogP contribution < -0.4 is 16.6 Å². The normalized spacial score (nSPS) is 10.3. The molecule has 0 unspecified atom stereocenters. The first kappa shape index (κ1) is 14.0. The number of carbonyl (C=O) groups is 1. The van der Waals surface area contributed by atoms with Crippen LogP contribution in [0.2, 0.25) is 0 Å². The van der Waals surface area contributed by atoms with Gasteiger partial charge >= 0.3 is 0 Å². The Bertz CT molecular complexity index is 566. The minimum atomic E-state index is -0.0790. The maximum atomic E-state index is 12.0. The molecule has 1 aromatic carbocycles. The quantitative estimate of drug-likeness (QED) is 0.409. The van der Waals surface area contributed by atoms with Crippen molar-refractivity contribution in [2.24, 2.45) is 5.84 Å². The van der Waals surface area contributed by atoms with Crippen LogP contribution in [0.1, 0.15) is 22.3 Å². The summed E-state index contributed by atoms with van der Waals surface area (Å²) >= 11 is 0. The molecule has 0 atom stereocenters. The van der Waals surface area contributed by atoms with Crippen LogP contribution >= 0.6 is 0 Å². The summed E-state index contributed by atoms with van der Waals surface area (Å²) < 4.78 is 1.74. The van der Waals surface area contributed by atoms with Gasteiger partial charge in [-0.1, -0.05) is 5.21 Å². The molecule has 0 radical (unpaired) electrons. The SMILES string of the molecule is Cc1cc(NN)ccc1C(=O)NCCCn1ccnn1. The molecule has 0 aliphatic carbocycles. The largest absolute Gasteiger partial charge is 0.352 e. The van der Waals surface area contributed by atoms with Crippen molar-refractivity contribution < 1.29 is 4.79 Å². The minimum Gasteiger partial charge on any atom is -0.352 e. The van der Waals surface area contributed by atoms with Gasteiger partial charge in [-0.2, -0.15) is 0 Å². The number of benzene rings is 1. The number of hydrazine groups is 1. The highest BCUT2D eigenvalue weighted by Gasteiger charge is 2.08. The van der Waals surface area contributed by atoms with Gasteiger partial charge in [-0.25, -0.2) is 0 Å². The van der Waals surface area contributed by atoms with Crippen molar-refractivity contribution in [1.82, 2.24) is 20.3 Å². The number of nitrogens with two attached hydrogens (primary N) is 1. The Balaban J connectivity index is 1.82. The lowest BCUT2D eigenvalue weighted by Crippen LogP contribution is -2.26.